The summed E-state index contributed by atoms with van der Waals surface area (Å²) in [4.78, 5) is 33.4. The summed E-state index contributed by atoms with van der Waals surface area (Å²) in [7, 11) is 0. The third-order valence-corrected chi connectivity index (χ3v) is 10.7. The number of imidazole rings is 2. The number of hydrogen-bond donors (Lipinski definition) is 4. The smallest absolute Gasteiger partial charge is 0.382 e. The molecule has 61 heavy (non-hydrogen) atoms. The van der Waals surface area contributed by atoms with E-state index in [9.17, 15) is 35.9 Å². The van der Waals surface area contributed by atoms with Crippen LogP contribution in [0.2, 0.25) is 5.15 Å². The summed E-state index contributed by atoms with van der Waals surface area (Å²) in [6.07, 6.45) is -1.28. The van der Waals surface area contributed by atoms with Gasteiger partial charge in [0, 0.05) is 53.5 Å². The minimum atomic E-state index is -4.26. The van der Waals surface area contributed by atoms with E-state index in [1.54, 1.807) is 41.2 Å². The van der Waals surface area contributed by atoms with E-state index in [0.29, 0.717) is 50.2 Å². The molecule has 322 valence electrons. The van der Waals surface area contributed by atoms with Crippen LogP contribution in [0.3, 0.4) is 0 Å². The number of alkyl halides is 6. The van der Waals surface area contributed by atoms with E-state index in [2.05, 4.69) is 41.4 Å². The first-order valence-electron chi connectivity index (χ1n) is 19.4. The van der Waals surface area contributed by atoms with E-state index in [0.717, 1.165) is 47.9 Å². The molecule has 0 radical (unpaired) electrons. The third-order valence-electron chi connectivity index (χ3n) is 9.90. The Bertz CT molecular complexity index is 2590. The van der Waals surface area contributed by atoms with Gasteiger partial charge in [0.15, 0.2) is 16.4 Å². The summed E-state index contributed by atoms with van der Waals surface area (Å²) in [5, 5.41) is 21.1. The fourth-order valence-electron chi connectivity index (χ4n) is 6.45. The summed E-state index contributed by atoms with van der Waals surface area (Å²) >= 11 is 7.48. The lowest BCUT2D eigenvalue weighted by molar-refractivity contribution is -0.132. The Balaban J connectivity index is 0.000000184. The summed E-state index contributed by atoms with van der Waals surface area (Å²) < 4.78 is 78.1. The lowest BCUT2D eigenvalue weighted by atomic mass is 10.0. The number of fused-ring (bicyclic) bond motifs is 2. The number of nitrogens with zero attached hydrogens (tertiary/aromatic N) is 6. The molecule has 6 aromatic rings. The van der Waals surface area contributed by atoms with Crippen molar-refractivity contribution >= 4 is 57.8 Å². The number of benzene rings is 2. The first-order chi connectivity index (χ1) is 29.0. The third kappa shape index (κ3) is 11.0. The van der Waals surface area contributed by atoms with Gasteiger partial charge in [-0.3, -0.25) is 9.59 Å². The highest BCUT2D eigenvalue weighted by atomic mass is 35.5. The Morgan fingerprint density at radius 2 is 1.15 bits per heavy atom. The Hall–Kier alpha value is -5.56. The van der Waals surface area contributed by atoms with Gasteiger partial charge in [-0.05, 0) is 87.2 Å². The molecule has 0 spiro atoms. The molecule has 4 N–H and O–H groups in total. The van der Waals surface area contributed by atoms with E-state index < -0.39 is 25.2 Å². The zero-order chi connectivity index (χ0) is 43.6. The van der Waals surface area contributed by atoms with E-state index in [-0.39, 0.29) is 42.1 Å². The summed E-state index contributed by atoms with van der Waals surface area (Å²) in [6.45, 7) is 3.17. The number of nitrogens with one attached hydrogen (secondary N) is 4. The molecule has 4 heterocycles. The molecule has 2 aliphatic rings. The Kier molecular flexibility index (Phi) is 12.7. The van der Waals surface area contributed by atoms with Crippen molar-refractivity contribution in [2.45, 2.75) is 81.8 Å². The second kappa shape index (κ2) is 17.8. The number of rotatable bonds is 13. The molecule has 4 aromatic heterocycles. The van der Waals surface area contributed by atoms with Crippen LogP contribution in [-0.2, 0) is 0 Å². The minimum absolute atomic E-state index is 0.0800. The van der Waals surface area contributed by atoms with Crippen molar-refractivity contribution in [2.24, 2.45) is 0 Å². The van der Waals surface area contributed by atoms with Crippen molar-refractivity contribution in [3.05, 3.63) is 88.3 Å². The van der Waals surface area contributed by atoms with Crippen molar-refractivity contribution in [1.29, 1.82) is 0 Å². The second-order valence-corrected chi connectivity index (χ2v) is 16.1. The summed E-state index contributed by atoms with van der Waals surface area (Å²) in [5.41, 5.74) is 7.41. The molecular weight excluding hydrogens is 846 g/mol. The van der Waals surface area contributed by atoms with Crippen LogP contribution in [-0.4, -0.2) is 84.8 Å². The SMILES string of the molecule is CSc1cc(NCCC(F)(F)F)c2ncc(-c3ccc(C(=O)NC4CC4)c(C)c3)n2n1.Cc1cc(-c2cnc3c(NCCC(F)(F)F)cc(Cl)nn23)ccc1C(=O)NC1CC1. The highest BCUT2D eigenvalue weighted by Crippen LogP contribution is 2.31. The maximum Gasteiger partial charge on any atom is 0.390 e. The summed E-state index contributed by atoms with van der Waals surface area (Å²) in [6, 6.07) is 14.6. The average Bonchev–Trinajstić information content (AvgIpc) is 4.10. The van der Waals surface area contributed by atoms with Crippen molar-refractivity contribution in [2.75, 3.05) is 30.0 Å². The molecule has 2 aliphatic carbocycles. The minimum Gasteiger partial charge on any atom is -0.382 e. The number of halogens is 7. The van der Waals surface area contributed by atoms with E-state index in [1.807, 2.05) is 38.3 Å². The highest BCUT2D eigenvalue weighted by molar-refractivity contribution is 7.98. The number of aryl methyl sites for hydroxylation is 2. The van der Waals surface area contributed by atoms with Crippen molar-refractivity contribution in [3.8, 4) is 22.5 Å². The van der Waals surface area contributed by atoms with Gasteiger partial charge in [0.1, 0.15) is 5.03 Å². The zero-order valence-electron chi connectivity index (χ0n) is 33.1. The molecule has 8 rings (SSSR count). The van der Waals surface area contributed by atoms with E-state index in [1.165, 1.54) is 22.3 Å². The van der Waals surface area contributed by atoms with E-state index in [4.69, 9.17) is 11.6 Å². The quantitative estimate of drug-likeness (QED) is 0.0660. The molecule has 0 unspecified atom stereocenters. The number of hydrogen-bond acceptors (Lipinski definition) is 9. The first kappa shape index (κ1) is 43.5. The van der Waals surface area contributed by atoms with Crippen molar-refractivity contribution < 1.29 is 35.9 Å². The van der Waals surface area contributed by atoms with Gasteiger partial charge in [0.2, 0.25) is 0 Å². The fraction of sp³-hybridized carbons (Fsp3) is 0.366. The molecule has 2 saturated carbocycles. The monoisotopic (exact) mass is 886 g/mol. The number of anilines is 2. The molecule has 2 fully saturated rings. The second-order valence-electron chi connectivity index (χ2n) is 14.9. The number of amides is 2. The number of carbonyl (C=O) groups is 2. The number of aromatic nitrogens is 6. The van der Waals surface area contributed by atoms with Gasteiger partial charge in [-0.2, -0.15) is 36.5 Å². The van der Waals surface area contributed by atoms with Gasteiger partial charge < -0.3 is 21.3 Å². The van der Waals surface area contributed by atoms with Crippen molar-refractivity contribution in [3.63, 3.8) is 0 Å². The largest absolute Gasteiger partial charge is 0.390 e. The van der Waals surface area contributed by atoms with Crippen LogP contribution in [0.15, 0.2) is 66.0 Å². The Labute approximate surface area is 355 Å². The maximum atomic E-state index is 12.5. The molecule has 0 saturated heterocycles. The van der Waals surface area contributed by atoms with E-state index >= 15 is 0 Å². The molecule has 0 bridgehead atoms. The average molecular weight is 887 g/mol. The van der Waals surface area contributed by atoms with Crippen LogP contribution in [0, 0.1) is 13.8 Å². The van der Waals surface area contributed by atoms with Gasteiger partial charge in [-0.15, -0.1) is 11.8 Å². The predicted molar refractivity (Wildman–Crippen MR) is 222 cm³/mol. The van der Waals surface area contributed by atoms with Crippen LogP contribution in [0.5, 0.6) is 0 Å². The Morgan fingerprint density at radius 3 is 1.56 bits per heavy atom. The zero-order valence-corrected chi connectivity index (χ0v) is 34.7. The molecule has 0 atom stereocenters. The standard InChI is InChI=1S/C21H22F3N5OS.C20H19ClF3N5O/c1-12-9-13(3-6-15(12)20(30)27-14-4-5-14)17-11-26-19-16(25-8-7-21(22,23)24)10-18(31-2)28-29(17)19;1-11-8-12(2-5-14(11)19(30)27-13-3-4-13)16-10-26-18-15(9-17(21)28-29(16)18)25-7-6-20(22,23)24/h3,6,9-11,14,25H,4-5,7-8H2,1-2H3,(H,27,30);2,5,8-10,13,25H,3-4,6-7H2,1H3,(H,27,30). The fourth-order valence-corrected chi connectivity index (χ4v) is 7.04. The molecule has 0 aliphatic heterocycles. The van der Waals surface area contributed by atoms with Gasteiger partial charge >= 0.3 is 12.4 Å². The van der Waals surface area contributed by atoms with Crippen LogP contribution < -0.4 is 21.3 Å². The molecule has 2 amide bonds. The molecule has 2 aromatic carbocycles. The summed E-state index contributed by atoms with van der Waals surface area (Å²) in [5.74, 6) is -0.180. The molecule has 20 heteroatoms. The first-order valence-corrected chi connectivity index (χ1v) is 21.0. The van der Waals surface area contributed by atoms with Crippen LogP contribution in [0.1, 0.15) is 70.4 Å². The van der Waals surface area contributed by atoms with Crippen LogP contribution >= 0.6 is 23.4 Å². The highest BCUT2D eigenvalue weighted by Gasteiger charge is 2.29. The van der Waals surface area contributed by atoms with Gasteiger partial charge in [0.25, 0.3) is 11.8 Å². The number of thioether (sulfide) groups is 1. The van der Waals surface area contributed by atoms with Gasteiger partial charge in [0.05, 0.1) is 48.0 Å². The van der Waals surface area contributed by atoms with Gasteiger partial charge in [-0.1, -0.05) is 23.7 Å². The lowest BCUT2D eigenvalue weighted by Gasteiger charge is -2.12. The maximum absolute atomic E-state index is 12.5. The van der Waals surface area contributed by atoms with Crippen molar-refractivity contribution in [1.82, 2.24) is 39.8 Å². The van der Waals surface area contributed by atoms with Crippen LogP contribution in [0.25, 0.3) is 33.8 Å². The number of carbonyl (C=O) groups excluding carboxylic acids is 2. The topological polar surface area (TPSA) is 143 Å². The molecule has 12 nitrogen and oxygen atoms in total. The Morgan fingerprint density at radius 1 is 0.705 bits per heavy atom. The lowest BCUT2D eigenvalue weighted by Crippen LogP contribution is -2.26. The molecular formula is C41H41ClF6N10O2S. The van der Waals surface area contributed by atoms with Gasteiger partial charge in [-0.25, -0.2) is 19.0 Å². The van der Waals surface area contributed by atoms with Crippen LogP contribution in [0.4, 0.5) is 37.7 Å². The normalized spacial score (nSPS) is 14.1. The predicted octanol–water partition coefficient (Wildman–Crippen LogP) is 9.30.